The van der Waals surface area contributed by atoms with Gasteiger partial charge >= 0.3 is 0 Å². The first-order valence-corrected chi connectivity index (χ1v) is 7.51. The first-order valence-electron chi connectivity index (χ1n) is 5.02. The topological polar surface area (TPSA) is 33.1 Å². The fourth-order valence-electron chi connectivity index (χ4n) is 1.43. The van der Waals surface area contributed by atoms with E-state index in [9.17, 15) is 0 Å². The monoisotopic (exact) mass is 317 g/mol. The van der Waals surface area contributed by atoms with E-state index < -0.39 is 0 Å². The lowest BCUT2D eigenvalue weighted by molar-refractivity contribution is 0.289. The van der Waals surface area contributed by atoms with Crippen LogP contribution in [0.4, 0.5) is 0 Å². The number of hydrogen-bond donors (Lipinski definition) is 1. The van der Waals surface area contributed by atoms with E-state index in [0.717, 1.165) is 28.0 Å². The molecular formula is C11H12BrNOS2. The van der Waals surface area contributed by atoms with Crippen LogP contribution in [0.2, 0.25) is 0 Å². The maximum Gasteiger partial charge on any atom is 0.133 e. The molecule has 2 heterocycles. The van der Waals surface area contributed by atoms with Gasteiger partial charge in [0.05, 0.1) is 10.6 Å². The van der Waals surface area contributed by atoms with Crippen LogP contribution in [0.3, 0.4) is 0 Å². The minimum Gasteiger partial charge on any atom is -0.396 e. The lowest BCUT2D eigenvalue weighted by Gasteiger charge is -1.93. The molecule has 0 spiro atoms. The van der Waals surface area contributed by atoms with Crippen LogP contribution in [-0.4, -0.2) is 16.7 Å². The molecule has 0 fully saturated rings. The molecule has 0 aromatic carbocycles. The Labute approximate surface area is 111 Å². The van der Waals surface area contributed by atoms with Gasteiger partial charge in [-0.3, -0.25) is 0 Å². The van der Waals surface area contributed by atoms with Crippen LogP contribution < -0.4 is 0 Å². The van der Waals surface area contributed by atoms with Gasteiger partial charge in [0.1, 0.15) is 5.01 Å². The van der Waals surface area contributed by atoms with E-state index in [0.29, 0.717) is 0 Å². The standard InChI is InChI=1S/C11H12BrNOS2/c1-7-9(3-2-4-14)16-11(13-7)10-5-8(12)6-15-10/h5-6,14H,2-4H2,1H3. The second-order valence-corrected chi connectivity index (χ2v) is 6.39. The molecule has 0 aliphatic heterocycles. The maximum atomic E-state index is 8.83. The summed E-state index contributed by atoms with van der Waals surface area (Å²) in [5.74, 6) is 0. The van der Waals surface area contributed by atoms with Gasteiger partial charge in [0.25, 0.3) is 0 Å². The Kier molecular flexibility index (Phi) is 4.13. The largest absolute Gasteiger partial charge is 0.396 e. The number of aliphatic hydroxyl groups excluding tert-OH is 1. The van der Waals surface area contributed by atoms with Crippen molar-refractivity contribution in [2.75, 3.05) is 6.61 Å². The van der Waals surface area contributed by atoms with E-state index in [1.807, 2.05) is 6.92 Å². The Morgan fingerprint density at radius 3 is 2.94 bits per heavy atom. The summed E-state index contributed by atoms with van der Waals surface area (Å²) < 4.78 is 1.11. The molecule has 1 N–H and O–H groups in total. The quantitative estimate of drug-likeness (QED) is 0.928. The fraction of sp³-hybridized carbons (Fsp3) is 0.364. The van der Waals surface area contributed by atoms with E-state index in [2.05, 4.69) is 32.4 Å². The third-order valence-electron chi connectivity index (χ3n) is 2.23. The van der Waals surface area contributed by atoms with E-state index in [4.69, 9.17) is 5.11 Å². The Morgan fingerprint density at radius 1 is 1.50 bits per heavy atom. The van der Waals surface area contributed by atoms with Gasteiger partial charge < -0.3 is 5.11 Å². The lowest BCUT2D eigenvalue weighted by Crippen LogP contribution is -1.88. The molecule has 2 rings (SSSR count). The molecule has 0 atom stereocenters. The maximum absolute atomic E-state index is 8.83. The van der Waals surface area contributed by atoms with Crippen molar-refractivity contribution in [1.82, 2.24) is 4.98 Å². The molecule has 0 radical (unpaired) electrons. The summed E-state index contributed by atoms with van der Waals surface area (Å²) >= 11 is 6.88. The number of halogens is 1. The van der Waals surface area contributed by atoms with Crippen LogP contribution in [-0.2, 0) is 6.42 Å². The van der Waals surface area contributed by atoms with Gasteiger partial charge in [-0.05, 0) is 41.8 Å². The number of thiazole rings is 1. The van der Waals surface area contributed by atoms with E-state index >= 15 is 0 Å². The van der Waals surface area contributed by atoms with E-state index in [-0.39, 0.29) is 6.61 Å². The Bertz CT molecular complexity index is 478. The Hall–Kier alpha value is -0.230. The number of rotatable bonds is 4. The number of aliphatic hydroxyl groups is 1. The van der Waals surface area contributed by atoms with E-state index in [1.54, 1.807) is 22.7 Å². The van der Waals surface area contributed by atoms with Gasteiger partial charge in [-0.15, -0.1) is 22.7 Å². The molecule has 0 aliphatic carbocycles. The first kappa shape index (κ1) is 12.2. The third kappa shape index (κ3) is 2.71. The smallest absolute Gasteiger partial charge is 0.133 e. The third-order valence-corrected chi connectivity index (χ3v) is 5.31. The molecule has 2 nitrogen and oxygen atoms in total. The molecule has 16 heavy (non-hydrogen) atoms. The molecule has 5 heteroatoms. The number of thiophene rings is 1. The molecule has 0 bridgehead atoms. The van der Waals surface area contributed by atoms with Crippen LogP contribution in [0.15, 0.2) is 15.9 Å². The summed E-state index contributed by atoms with van der Waals surface area (Å²) in [4.78, 5) is 7.06. The molecule has 86 valence electrons. The highest BCUT2D eigenvalue weighted by Crippen LogP contribution is 2.34. The molecule has 2 aromatic heterocycles. The Balaban J connectivity index is 2.23. The van der Waals surface area contributed by atoms with Gasteiger partial charge in [-0.1, -0.05) is 0 Å². The predicted octanol–water partition coefficient (Wildman–Crippen LogP) is 3.87. The number of aromatic nitrogens is 1. The van der Waals surface area contributed by atoms with Crippen LogP contribution in [0, 0.1) is 6.92 Å². The zero-order valence-electron chi connectivity index (χ0n) is 8.86. The molecular weight excluding hydrogens is 306 g/mol. The molecule has 0 aliphatic rings. The van der Waals surface area contributed by atoms with Crippen molar-refractivity contribution in [2.45, 2.75) is 19.8 Å². The van der Waals surface area contributed by atoms with Crippen molar-refractivity contribution >= 4 is 38.6 Å². The molecule has 0 amide bonds. The molecule has 0 saturated heterocycles. The highest BCUT2D eigenvalue weighted by atomic mass is 79.9. The van der Waals surface area contributed by atoms with Crippen molar-refractivity contribution in [3.63, 3.8) is 0 Å². The van der Waals surface area contributed by atoms with Gasteiger partial charge in [-0.2, -0.15) is 0 Å². The molecule has 0 saturated carbocycles. The van der Waals surface area contributed by atoms with Gasteiger partial charge in [0.15, 0.2) is 0 Å². The molecule has 2 aromatic rings. The second-order valence-electron chi connectivity index (χ2n) is 3.48. The van der Waals surface area contributed by atoms with Gasteiger partial charge in [0, 0.05) is 21.3 Å². The highest BCUT2D eigenvalue weighted by molar-refractivity contribution is 9.10. The van der Waals surface area contributed by atoms with Crippen LogP contribution in [0.5, 0.6) is 0 Å². The summed E-state index contributed by atoms with van der Waals surface area (Å²) in [6.07, 6.45) is 1.74. The molecule has 0 unspecified atom stereocenters. The SMILES string of the molecule is Cc1nc(-c2cc(Br)cs2)sc1CCCO. The van der Waals surface area contributed by atoms with Crippen LogP contribution in [0.1, 0.15) is 17.0 Å². The average Bonchev–Trinajstić information content (AvgIpc) is 2.82. The van der Waals surface area contributed by atoms with Crippen molar-refractivity contribution in [3.05, 3.63) is 26.5 Å². The number of nitrogens with zero attached hydrogens (tertiary/aromatic N) is 1. The van der Waals surface area contributed by atoms with Gasteiger partial charge in [-0.25, -0.2) is 4.98 Å². The second kappa shape index (κ2) is 5.40. The lowest BCUT2D eigenvalue weighted by atomic mass is 10.2. The predicted molar refractivity (Wildman–Crippen MR) is 73.3 cm³/mol. The van der Waals surface area contributed by atoms with E-state index in [1.165, 1.54) is 9.75 Å². The number of aryl methyl sites for hydroxylation is 2. The van der Waals surface area contributed by atoms with Crippen molar-refractivity contribution in [1.29, 1.82) is 0 Å². The summed E-state index contributed by atoms with van der Waals surface area (Å²) in [5, 5.41) is 12.0. The van der Waals surface area contributed by atoms with Crippen molar-refractivity contribution < 1.29 is 5.11 Å². The fourth-order valence-corrected chi connectivity index (χ4v) is 4.02. The van der Waals surface area contributed by atoms with Crippen LogP contribution in [0.25, 0.3) is 9.88 Å². The van der Waals surface area contributed by atoms with Gasteiger partial charge in [0.2, 0.25) is 0 Å². The summed E-state index contributed by atoms with van der Waals surface area (Å²) in [6, 6.07) is 2.10. The highest BCUT2D eigenvalue weighted by Gasteiger charge is 2.10. The summed E-state index contributed by atoms with van der Waals surface area (Å²) in [5.41, 5.74) is 1.10. The summed E-state index contributed by atoms with van der Waals surface area (Å²) in [6.45, 7) is 2.28. The summed E-state index contributed by atoms with van der Waals surface area (Å²) in [7, 11) is 0. The Morgan fingerprint density at radius 2 is 2.31 bits per heavy atom. The zero-order chi connectivity index (χ0) is 11.5. The normalized spacial score (nSPS) is 10.9. The minimum atomic E-state index is 0.247. The first-order chi connectivity index (χ1) is 7.70. The van der Waals surface area contributed by atoms with Crippen molar-refractivity contribution in [2.24, 2.45) is 0 Å². The average molecular weight is 318 g/mol. The van der Waals surface area contributed by atoms with Crippen molar-refractivity contribution in [3.8, 4) is 9.88 Å². The minimum absolute atomic E-state index is 0.247. The van der Waals surface area contributed by atoms with Crippen LogP contribution >= 0.6 is 38.6 Å². The zero-order valence-corrected chi connectivity index (χ0v) is 12.1. The number of hydrogen-bond acceptors (Lipinski definition) is 4.